The molecule has 190 valence electrons. The second kappa shape index (κ2) is 11.8. The zero-order valence-electron chi connectivity index (χ0n) is 20.8. The number of nitrogens with one attached hydrogen (secondary N) is 1. The van der Waals surface area contributed by atoms with E-state index in [1.165, 1.54) is 11.9 Å². The van der Waals surface area contributed by atoms with Crippen molar-refractivity contribution in [3.63, 3.8) is 0 Å². The predicted molar refractivity (Wildman–Crippen MR) is 129 cm³/mol. The van der Waals surface area contributed by atoms with Gasteiger partial charge in [0, 0.05) is 33.1 Å². The van der Waals surface area contributed by atoms with Crippen LogP contribution in [0.2, 0.25) is 0 Å². The Morgan fingerprint density at radius 1 is 1.18 bits per heavy atom. The Kier molecular flexibility index (Phi) is 9.64. The number of hydrogen-bond donors (Lipinski definition) is 1. The number of carbonyl (C=O) groups excluding carboxylic acids is 3. The van der Waals surface area contributed by atoms with Crippen molar-refractivity contribution in [3.05, 3.63) is 29.8 Å². The third kappa shape index (κ3) is 7.80. The fourth-order valence-electron chi connectivity index (χ4n) is 3.75. The number of amides is 2. The highest BCUT2D eigenvalue weighted by Gasteiger charge is 2.30. The molecule has 1 N–H and O–H groups in total. The average Bonchev–Trinajstić information content (AvgIpc) is 2.78. The predicted octanol–water partition coefficient (Wildman–Crippen LogP) is 1.91. The molecule has 10 heteroatoms. The third-order valence-corrected chi connectivity index (χ3v) is 7.33. The van der Waals surface area contributed by atoms with Crippen LogP contribution in [0.25, 0.3) is 0 Å². The fourth-order valence-corrected chi connectivity index (χ4v) is 4.78. The van der Waals surface area contributed by atoms with Gasteiger partial charge in [-0.05, 0) is 42.9 Å². The third-order valence-electron chi connectivity index (χ3n) is 5.85. The molecule has 1 aliphatic rings. The van der Waals surface area contributed by atoms with Gasteiger partial charge in [0.05, 0.1) is 24.0 Å². The van der Waals surface area contributed by atoms with Crippen molar-refractivity contribution in [1.82, 2.24) is 14.5 Å². The number of carbonyl (C=O) groups is 3. The summed E-state index contributed by atoms with van der Waals surface area (Å²) in [5.41, 5.74) is 0.938. The van der Waals surface area contributed by atoms with Crippen molar-refractivity contribution in [1.29, 1.82) is 0 Å². The average molecular weight is 496 g/mol. The molecule has 9 nitrogen and oxygen atoms in total. The maximum absolute atomic E-state index is 12.6. The number of likely N-dealkylation sites (tertiary alicyclic amines) is 1. The summed E-state index contributed by atoms with van der Waals surface area (Å²) in [6.45, 7) is 8.80. The molecule has 1 aromatic carbocycles. The lowest BCUT2D eigenvalue weighted by atomic mass is 9.87. The van der Waals surface area contributed by atoms with Gasteiger partial charge in [-0.25, -0.2) is 13.1 Å². The van der Waals surface area contributed by atoms with Crippen molar-refractivity contribution in [2.75, 3.05) is 39.8 Å². The smallest absolute Gasteiger partial charge is 0.310 e. The van der Waals surface area contributed by atoms with Crippen LogP contribution in [0.1, 0.15) is 52.5 Å². The molecular formula is C24H37N3O6S. The lowest BCUT2D eigenvalue weighted by Gasteiger charge is -2.32. The second-order valence-corrected chi connectivity index (χ2v) is 11.4. The van der Waals surface area contributed by atoms with E-state index in [4.69, 9.17) is 4.74 Å². The van der Waals surface area contributed by atoms with Crippen LogP contribution in [0.15, 0.2) is 29.2 Å². The summed E-state index contributed by atoms with van der Waals surface area (Å²) in [6, 6.07) is 6.67. The minimum Gasteiger partial charge on any atom is -0.466 e. The molecule has 2 rings (SSSR count). The summed E-state index contributed by atoms with van der Waals surface area (Å²) in [5, 5.41) is 0. The molecule has 0 radical (unpaired) electrons. The van der Waals surface area contributed by atoms with Crippen molar-refractivity contribution >= 4 is 27.8 Å². The van der Waals surface area contributed by atoms with Crippen LogP contribution in [-0.2, 0) is 34.6 Å². The largest absolute Gasteiger partial charge is 0.466 e. The van der Waals surface area contributed by atoms with Gasteiger partial charge in [0.1, 0.15) is 0 Å². The van der Waals surface area contributed by atoms with Gasteiger partial charge in [-0.1, -0.05) is 32.9 Å². The molecule has 2 amide bonds. The Bertz CT molecular complexity index is 969. The first kappa shape index (κ1) is 27.8. The van der Waals surface area contributed by atoms with E-state index in [1.54, 1.807) is 36.1 Å². The van der Waals surface area contributed by atoms with Crippen LogP contribution >= 0.6 is 0 Å². The summed E-state index contributed by atoms with van der Waals surface area (Å²) in [6.07, 6.45) is 1.30. The van der Waals surface area contributed by atoms with Crippen LogP contribution in [0.4, 0.5) is 0 Å². The Morgan fingerprint density at radius 2 is 1.82 bits per heavy atom. The Hall–Kier alpha value is -2.46. The van der Waals surface area contributed by atoms with Gasteiger partial charge in [0.15, 0.2) is 0 Å². The van der Waals surface area contributed by atoms with Crippen molar-refractivity contribution < 1.29 is 27.5 Å². The van der Waals surface area contributed by atoms with Gasteiger partial charge >= 0.3 is 5.97 Å². The van der Waals surface area contributed by atoms with Gasteiger partial charge < -0.3 is 14.5 Å². The number of ether oxygens (including phenoxy) is 1. The minimum atomic E-state index is -3.74. The Morgan fingerprint density at radius 3 is 2.41 bits per heavy atom. The van der Waals surface area contributed by atoms with Crippen molar-refractivity contribution in [2.45, 2.75) is 57.3 Å². The molecule has 0 saturated carbocycles. The monoisotopic (exact) mass is 495 g/mol. The molecule has 1 fully saturated rings. The molecule has 1 atom stereocenters. The molecule has 1 aliphatic heterocycles. The number of hydrogen-bond acceptors (Lipinski definition) is 6. The standard InChI is InChI=1S/C24H37N3O6S/c1-6-33-23(30)18-8-7-15-27(16-18)22(29)17-26(5)21(28)13-14-25-34(31,32)20-11-9-19(10-12-20)24(2,3)4/h9-12,18,25H,6-8,13-17H2,1-5H3. The number of rotatable bonds is 9. The molecule has 0 aliphatic carbocycles. The van der Waals surface area contributed by atoms with Crippen LogP contribution in [0.5, 0.6) is 0 Å². The molecular weight excluding hydrogens is 458 g/mol. The molecule has 0 aromatic heterocycles. The van der Waals surface area contributed by atoms with Crippen LogP contribution in [-0.4, -0.2) is 75.8 Å². The van der Waals surface area contributed by atoms with Crippen molar-refractivity contribution in [2.24, 2.45) is 5.92 Å². The maximum Gasteiger partial charge on any atom is 0.310 e. The van der Waals surface area contributed by atoms with E-state index in [-0.39, 0.29) is 60.1 Å². The van der Waals surface area contributed by atoms with Crippen molar-refractivity contribution in [3.8, 4) is 0 Å². The quantitative estimate of drug-likeness (QED) is 0.524. The van der Waals surface area contributed by atoms with Gasteiger partial charge in [-0.3, -0.25) is 14.4 Å². The number of benzene rings is 1. The van der Waals surface area contributed by atoms with Crippen LogP contribution in [0, 0.1) is 5.92 Å². The first-order valence-corrected chi connectivity index (χ1v) is 13.1. The first-order valence-electron chi connectivity index (χ1n) is 11.6. The zero-order valence-corrected chi connectivity index (χ0v) is 21.6. The second-order valence-electron chi connectivity index (χ2n) is 9.60. The molecule has 34 heavy (non-hydrogen) atoms. The highest BCUT2D eigenvalue weighted by Crippen LogP contribution is 2.23. The number of piperidine rings is 1. The fraction of sp³-hybridized carbons (Fsp3) is 0.625. The highest BCUT2D eigenvalue weighted by atomic mass is 32.2. The van der Waals surface area contributed by atoms with Gasteiger partial charge in [0.25, 0.3) is 0 Å². The van der Waals surface area contributed by atoms with E-state index in [1.807, 2.05) is 20.8 Å². The first-order chi connectivity index (χ1) is 15.8. The van der Waals surface area contributed by atoms with E-state index in [2.05, 4.69) is 4.72 Å². The molecule has 1 saturated heterocycles. The minimum absolute atomic E-state index is 0.0740. The maximum atomic E-state index is 12.6. The summed E-state index contributed by atoms with van der Waals surface area (Å²) in [4.78, 5) is 40.0. The van der Waals surface area contributed by atoms with Crippen LogP contribution < -0.4 is 4.72 Å². The Labute approximate surface area is 202 Å². The van der Waals surface area contributed by atoms with E-state index >= 15 is 0 Å². The van der Waals surface area contributed by atoms with Gasteiger partial charge in [0.2, 0.25) is 21.8 Å². The van der Waals surface area contributed by atoms with Gasteiger partial charge in [-0.15, -0.1) is 0 Å². The zero-order chi connectivity index (χ0) is 25.5. The topological polar surface area (TPSA) is 113 Å². The van der Waals surface area contributed by atoms with E-state index in [0.717, 1.165) is 5.56 Å². The van der Waals surface area contributed by atoms with Crippen LogP contribution in [0.3, 0.4) is 0 Å². The lowest BCUT2D eigenvalue weighted by molar-refractivity contribution is -0.152. The van der Waals surface area contributed by atoms with E-state index in [0.29, 0.717) is 26.0 Å². The number of esters is 1. The highest BCUT2D eigenvalue weighted by molar-refractivity contribution is 7.89. The SMILES string of the molecule is CCOC(=O)C1CCCN(C(=O)CN(C)C(=O)CCNS(=O)(=O)c2ccc(C(C)(C)C)cc2)C1. The van der Waals surface area contributed by atoms with Gasteiger partial charge in [-0.2, -0.15) is 0 Å². The number of nitrogens with zero attached hydrogens (tertiary/aromatic N) is 2. The number of sulfonamides is 1. The summed E-state index contributed by atoms with van der Waals surface area (Å²) in [5.74, 6) is -1.24. The Balaban J connectivity index is 1.83. The normalized spacial score (nSPS) is 16.7. The lowest BCUT2D eigenvalue weighted by Crippen LogP contribution is -2.47. The molecule has 1 heterocycles. The molecule has 0 spiro atoms. The van der Waals surface area contributed by atoms with E-state index in [9.17, 15) is 22.8 Å². The summed E-state index contributed by atoms with van der Waals surface area (Å²) < 4.78 is 32.6. The number of likely N-dealkylation sites (N-methyl/N-ethyl adjacent to an activating group) is 1. The molecule has 1 unspecified atom stereocenters. The molecule has 1 aromatic rings. The molecule has 0 bridgehead atoms. The summed E-state index contributed by atoms with van der Waals surface area (Å²) in [7, 11) is -2.24. The van der Waals surface area contributed by atoms with E-state index < -0.39 is 10.0 Å². The summed E-state index contributed by atoms with van der Waals surface area (Å²) >= 11 is 0.